The summed E-state index contributed by atoms with van der Waals surface area (Å²) < 4.78 is 5.68. The molecule has 3 aliphatic heterocycles. The number of aromatic nitrogens is 1. The van der Waals surface area contributed by atoms with Crippen LogP contribution >= 0.6 is 0 Å². The Morgan fingerprint density at radius 2 is 1.62 bits per heavy atom. The topological polar surface area (TPSA) is 66.0 Å². The Hall–Kier alpha value is -1.99. The Balaban J connectivity index is 1.30. The van der Waals surface area contributed by atoms with Gasteiger partial charge in [-0.05, 0) is 43.4 Å². The molecule has 0 spiro atoms. The van der Waals surface area contributed by atoms with E-state index in [-0.39, 0.29) is 29.9 Å². The molecule has 0 radical (unpaired) electrons. The Kier molecular flexibility index (Phi) is 6.15. The molecule has 3 aliphatic rings. The first kappa shape index (κ1) is 20.3. The van der Waals surface area contributed by atoms with Gasteiger partial charge in [-0.25, -0.2) is 0 Å². The number of amides is 2. The maximum atomic E-state index is 13.0. The van der Waals surface area contributed by atoms with Gasteiger partial charge in [0.2, 0.25) is 11.8 Å². The minimum Gasteiger partial charge on any atom is -0.378 e. The summed E-state index contributed by atoms with van der Waals surface area (Å²) in [6.07, 6.45) is 7.53. The molecule has 3 fully saturated rings. The fourth-order valence-corrected chi connectivity index (χ4v) is 5.16. The van der Waals surface area contributed by atoms with E-state index in [4.69, 9.17) is 4.74 Å². The van der Waals surface area contributed by atoms with Gasteiger partial charge in [0.15, 0.2) is 0 Å². The lowest BCUT2D eigenvalue weighted by atomic mass is 9.87. The average Bonchev–Trinajstić information content (AvgIpc) is 2.74. The van der Waals surface area contributed by atoms with Gasteiger partial charge in [-0.2, -0.15) is 0 Å². The number of likely N-dealkylation sites (tertiary alicyclic amines) is 3. The molecular weight excluding hydrogens is 368 g/mol. The Bertz CT molecular complexity index is 712. The first-order valence-electron chi connectivity index (χ1n) is 10.8. The van der Waals surface area contributed by atoms with Crippen LogP contribution in [0.1, 0.15) is 44.2 Å². The van der Waals surface area contributed by atoms with Crippen molar-refractivity contribution in [2.75, 3.05) is 39.8 Å². The molecule has 4 heterocycles. The molecule has 0 aromatic carbocycles. The molecule has 0 aliphatic carbocycles. The van der Waals surface area contributed by atoms with Gasteiger partial charge in [0, 0.05) is 71.1 Å². The second-order valence-corrected chi connectivity index (χ2v) is 8.53. The highest BCUT2D eigenvalue weighted by molar-refractivity contribution is 5.79. The number of nitrogens with zero attached hydrogens (tertiary/aromatic N) is 4. The Morgan fingerprint density at radius 1 is 1.00 bits per heavy atom. The van der Waals surface area contributed by atoms with Crippen molar-refractivity contribution in [3.63, 3.8) is 0 Å². The van der Waals surface area contributed by atoms with Crippen LogP contribution in [0.25, 0.3) is 0 Å². The molecular formula is C22H32N4O3. The van der Waals surface area contributed by atoms with Gasteiger partial charge in [-0.1, -0.05) is 0 Å². The van der Waals surface area contributed by atoms with E-state index < -0.39 is 0 Å². The fraction of sp³-hybridized carbons (Fsp3) is 0.682. The van der Waals surface area contributed by atoms with Crippen molar-refractivity contribution < 1.29 is 14.3 Å². The van der Waals surface area contributed by atoms with Gasteiger partial charge in [0.25, 0.3) is 0 Å². The van der Waals surface area contributed by atoms with E-state index in [2.05, 4.69) is 26.9 Å². The van der Waals surface area contributed by atoms with Crippen LogP contribution < -0.4 is 0 Å². The highest BCUT2D eigenvalue weighted by Crippen LogP contribution is 2.39. The second kappa shape index (κ2) is 8.79. The van der Waals surface area contributed by atoms with Crippen molar-refractivity contribution in [2.24, 2.45) is 5.92 Å². The zero-order chi connectivity index (χ0) is 20.4. The van der Waals surface area contributed by atoms with E-state index in [0.717, 1.165) is 45.3 Å². The standard InChI is InChI=1S/C22H32N4O3/c1-16(27)24-11-5-18(6-12-24)22(28)25-13-7-19(8-14-25)26-15-20(29-2)21(26)17-3-9-23-10-4-17/h3-4,9-10,18-21H,5-8,11-15H2,1-2H3/t20-,21-/m0/s1. The van der Waals surface area contributed by atoms with Gasteiger partial charge in [0.1, 0.15) is 0 Å². The van der Waals surface area contributed by atoms with Crippen LogP contribution in [0.5, 0.6) is 0 Å². The number of rotatable bonds is 4. The summed E-state index contributed by atoms with van der Waals surface area (Å²) in [5.74, 6) is 0.480. The van der Waals surface area contributed by atoms with Crippen molar-refractivity contribution in [3.05, 3.63) is 30.1 Å². The van der Waals surface area contributed by atoms with Crippen LogP contribution in [-0.4, -0.2) is 83.5 Å². The molecule has 0 saturated carbocycles. The Morgan fingerprint density at radius 3 is 2.21 bits per heavy atom. The first-order chi connectivity index (χ1) is 14.1. The SMILES string of the molecule is CO[C@H]1CN(C2CCN(C(=O)C3CCN(C(C)=O)CC3)CC2)[C@H]1c1ccncc1. The average molecular weight is 401 g/mol. The van der Waals surface area contributed by atoms with Crippen molar-refractivity contribution in [3.8, 4) is 0 Å². The normalized spacial score (nSPS) is 27.0. The highest BCUT2D eigenvalue weighted by Gasteiger charge is 2.45. The van der Waals surface area contributed by atoms with Crippen molar-refractivity contribution >= 4 is 11.8 Å². The Labute approximate surface area is 173 Å². The summed E-state index contributed by atoms with van der Waals surface area (Å²) in [5.41, 5.74) is 1.26. The van der Waals surface area contributed by atoms with Crippen molar-refractivity contribution in [1.82, 2.24) is 19.7 Å². The summed E-state index contributed by atoms with van der Waals surface area (Å²) >= 11 is 0. The van der Waals surface area contributed by atoms with Crippen LogP contribution in [0.4, 0.5) is 0 Å². The smallest absolute Gasteiger partial charge is 0.225 e. The van der Waals surface area contributed by atoms with Crippen molar-refractivity contribution in [2.45, 2.75) is 50.8 Å². The van der Waals surface area contributed by atoms with Gasteiger partial charge in [-0.15, -0.1) is 0 Å². The quantitative estimate of drug-likeness (QED) is 0.770. The van der Waals surface area contributed by atoms with Gasteiger partial charge >= 0.3 is 0 Å². The second-order valence-electron chi connectivity index (χ2n) is 8.53. The predicted octanol–water partition coefficient (Wildman–Crippen LogP) is 1.70. The summed E-state index contributed by atoms with van der Waals surface area (Å²) in [7, 11) is 1.79. The number of hydrogen-bond acceptors (Lipinski definition) is 5. The van der Waals surface area contributed by atoms with Gasteiger partial charge in [0.05, 0.1) is 12.1 Å². The van der Waals surface area contributed by atoms with E-state index in [1.54, 1.807) is 14.0 Å². The van der Waals surface area contributed by atoms with Gasteiger partial charge in [-0.3, -0.25) is 19.5 Å². The van der Waals surface area contributed by atoms with Gasteiger partial charge < -0.3 is 14.5 Å². The van der Waals surface area contributed by atoms with E-state index in [0.29, 0.717) is 19.1 Å². The first-order valence-corrected chi connectivity index (χ1v) is 10.8. The summed E-state index contributed by atoms with van der Waals surface area (Å²) in [5, 5.41) is 0. The minimum atomic E-state index is 0.0774. The van der Waals surface area contributed by atoms with E-state index in [1.807, 2.05) is 17.3 Å². The van der Waals surface area contributed by atoms with Crippen molar-refractivity contribution in [1.29, 1.82) is 0 Å². The number of pyridine rings is 1. The molecule has 2 atom stereocenters. The fourth-order valence-electron chi connectivity index (χ4n) is 5.16. The number of methoxy groups -OCH3 is 1. The van der Waals surface area contributed by atoms with Crippen LogP contribution in [-0.2, 0) is 14.3 Å². The molecule has 4 rings (SSSR count). The number of carbonyl (C=O) groups excluding carboxylic acids is 2. The molecule has 2 amide bonds. The molecule has 158 valence electrons. The maximum absolute atomic E-state index is 13.0. The third-order valence-electron chi connectivity index (χ3n) is 6.99. The van der Waals surface area contributed by atoms with Crippen LogP contribution in [0.3, 0.4) is 0 Å². The predicted molar refractivity (Wildman–Crippen MR) is 109 cm³/mol. The number of carbonyl (C=O) groups is 2. The minimum absolute atomic E-state index is 0.0774. The third kappa shape index (κ3) is 4.16. The molecule has 7 nitrogen and oxygen atoms in total. The zero-order valence-corrected chi connectivity index (χ0v) is 17.5. The van der Waals surface area contributed by atoms with Crippen LogP contribution in [0, 0.1) is 5.92 Å². The summed E-state index contributed by atoms with van der Waals surface area (Å²) in [4.78, 5) is 35.0. The lowest BCUT2D eigenvalue weighted by Crippen LogP contribution is -2.60. The van der Waals surface area contributed by atoms with Crippen LogP contribution in [0.15, 0.2) is 24.5 Å². The molecule has 29 heavy (non-hydrogen) atoms. The number of piperidine rings is 2. The molecule has 0 bridgehead atoms. The highest BCUT2D eigenvalue weighted by atomic mass is 16.5. The lowest BCUT2D eigenvalue weighted by molar-refractivity contribution is -0.144. The van der Waals surface area contributed by atoms with Crippen LogP contribution in [0.2, 0.25) is 0 Å². The molecule has 7 heteroatoms. The lowest BCUT2D eigenvalue weighted by Gasteiger charge is -2.53. The largest absolute Gasteiger partial charge is 0.378 e. The zero-order valence-electron chi connectivity index (χ0n) is 17.5. The number of ether oxygens (including phenoxy) is 1. The molecule has 0 N–H and O–H groups in total. The summed E-state index contributed by atoms with van der Waals surface area (Å²) in [6.45, 7) is 5.63. The maximum Gasteiger partial charge on any atom is 0.225 e. The monoisotopic (exact) mass is 400 g/mol. The molecule has 1 aromatic heterocycles. The van der Waals surface area contributed by atoms with E-state index in [9.17, 15) is 9.59 Å². The molecule has 3 saturated heterocycles. The third-order valence-corrected chi connectivity index (χ3v) is 6.99. The molecule has 0 unspecified atom stereocenters. The summed E-state index contributed by atoms with van der Waals surface area (Å²) in [6, 6.07) is 4.93. The number of hydrogen-bond donors (Lipinski definition) is 0. The molecule has 1 aromatic rings. The van der Waals surface area contributed by atoms with E-state index in [1.165, 1.54) is 5.56 Å². The van der Waals surface area contributed by atoms with E-state index >= 15 is 0 Å².